The molecule has 2 heterocycles. The largest absolute Gasteiger partial charge is 0.359 e. The molecule has 0 radical (unpaired) electrons. The summed E-state index contributed by atoms with van der Waals surface area (Å²) >= 11 is 3.36. The Labute approximate surface area is 124 Å². The monoisotopic (exact) mass is 339 g/mol. The molecule has 0 aromatic carbocycles. The predicted octanol–water partition coefficient (Wildman–Crippen LogP) is 3.35. The number of nitrogens with one attached hydrogen (secondary N) is 2. The maximum absolute atomic E-state index is 10.9. The van der Waals surface area contributed by atoms with Crippen LogP contribution in [0.25, 0.3) is 0 Å². The van der Waals surface area contributed by atoms with Gasteiger partial charge in [0.2, 0.25) is 0 Å². The van der Waals surface area contributed by atoms with Crippen LogP contribution in [-0.2, 0) is 0 Å². The molecule has 0 saturated carbocycles. The minimum absolute atomic E-state index is 0.00604. The lowest BCUT2D eigenvalue weighted by Gasteiger charge is -2.17. The van der Waals surface area contributed by atoms with E-state index in [0.717, 1.165) is 12.2 Å². The molecule has 0 bridgehead atoms. The van der Waals surface area contributed by atoms with Gasteiger partial charge in [0.15, 0.2) is 0 Å². The Morgan fingerprint density at radius 2 is 2.30 bits per heavy atom. The van der Waals surface area contributed by atoms with Crippen LogP contribution in [0.4, 0.5) is 11.5 Å². The summed E-state index contributed by atoms with van der Waals surface area (Å²) in [5.41, 5.74) is 0.537. The lowest BCUT2D eigenvalue weighted by Crippen LogP contribution is -2.13. The van der Waals surface area contributed by atoms with Crippen molar-refractivity contribution in [2.24, 2.45) is 0 Å². The number of hydrogen-bond acceptors (Lipinski definition) is 5. The van der Waals surface area contributed by atoms with Gasteiger partial charge >= 0.3 is 0 Å². The van der Waals surface area contributed by atoms with Crippen molar-refractivity contribution in [3.05, 3.63) is 44.6 Å². The maximum Gasteiger partial charge on any atom is 0.291 e. The van der Waals surface area contributed by atoms with E-state index in [1.165, 1.54) is 6.20 Å². The van der Waals surface area contributed by atoms with E-state index in [0.29, 0.717) is 15.9 Å². The average molecular weight is 340 g/mol. The summed E-state index contributed by atoms with van der Waals surface area (Å²) in [6, 6.07) is -0.0327. The third-order valence-corrected chi connectivity index (χ3v) is 3.97. The topological polar surface area (TPSA) is 96.7 Å². The highest BCUT2D eigenvalue weighted by atomic mass is 79.9. The van der Waals surface area contributed by atoms with Crippen molar-refractivity contribution >= 4 is 27.4 Å². The first-order chi connectivity index (χ1) is 9.54. The number of H-pyrrole nitrogens is 1. The maximum atomic E-state index is 10.9. The van der Waals surface area contributed by atoms with Gasteiger partial charge < -0.3 is 10.3 Å². The summed E-state index contributed by atoms with van der Waals surface area (Å²) in [6.07, 6.45) is 5.50. The first-order valence-electron chi connectivity index (χ1n) is 6.09. The van der Waals surface area contributed by atoms with Crippen LogP contribution < -0.4 is 5.32 Å². The van der Waals surface area contributed by atoms with Crippen LogP contribution >= 0.6 is 15.9 Å². The Morgan fingerprint density at radius 3 is 2.85 bits per heavy atom. The SMILES string of the molecule is CCC(Nc1ncc([N+](=O)[O-])c(C)c1Br)c1ncc[nH]1. The molecule has 2 aromatic rings. The van der Waals surface area contributed by atoms with Crippen LogP contribution in [0, 0.1) is 17.0 Å². The highest BCUT2D eigenvalue weighted by molar-refractivity contribution is 9.10. The van der Waals surface area contributed by atoms with Gasteiger partial charge in [0.1, 0.15) is 17.8 Å². The number of nitro groups is 1. The molecule has 1 unspecified atom stereocenters. The normalized spacial score (nSPS) is 12.2. The van der Waals surface area contributed by atoms with Crippen LogP contribution in [0.1, 0.15) is 30.8 Å². The van der Waals surface area contributed by atoms with E-state index in [1.54, 1.807) is 19.3 Å². The molecule has 0 amide bonds. The van der Waals surface area contributed by atoms with Gasteiger partial charge in [0, 0.05) is 18.0 Å². The van der Waals surface area contributed by atoms with Crippen molar-refractivity contribution in [2.45, 2.75) is 26.3 Å². The summed E-state index contributed by atoms with van der Waals surface area (Å²) in [4.78, 5) is 21.8. The highest BCUT2D eigenvalue weighted by Gasteiger charge is 2.19. The molecular weight excluding hydrogens is 326 g/mol. The number of hydrogen-bond donors (Lipinski definition) is 2. The highest BCUT2D eigenvalue weighted by Crippen LogP contribution is 2.32. The van der Waals surface area contributed by atoms with E-state index >= 15 is 0 Å². The summed E-state index contributed by atoms with van der Waals surface area (Å²) < 4.78 is 0.594. The number of imidazole rings is 1. The second-order valence-electron chi connectivity index (χ2n) is 4.27. The molecule has 2 aromatic heterocycles. The van der Waals surface area contributed by atoms with Crippen LogP contribution in [0.15, 0.2) is 23.1 Å². The number of anilines is 1. The molecule has 2 rings (SSSR count). The van der Waals surface area contributed by atoms with Gasteiger partial charge in [-0.2, -0.15) is 0 Å². The van der Waals surface area contributed by atoms with Crippen molar-refractivity contribution in [3.8, 4) is 0 Å². The Bertz CT molecular complexity index is 615. The fourth-order valence-electron chi connectivity index (χ4n) is 1.85. The second-order valence-corrected chi connectivity index (χ2v) is 5.06. The van der Waals surface area contributed by atoms with Crippen molar-refractivity contribution in [2.75, 3.05) is 5.32 Å². The Balaban J connectivity index is 2.30. The van der Waals surface area contributed by atoms with E-state index in [-0.39, 0.29) is 11.7 Å². The number of halogens is 1. The van der Waals surface area contributed by atoms with E-state index in [9.17, 15) is 10.1 Å². The number of rotatable bonds is 5. The summed E-state index contributed by atoms with van der Waals surface area (Å²) in [5.74, 6) is 1.37. The molecule has 20 heavy (non-hydrogen) atoms. The van der Waals surface area contributed by atoms with Crippen LogP contribution in [0.3, 0.4) is 0 Å². The molecule has 7 nitrogen and oxygen atoms in total. The van der Waals surface area contributed by atoms with Crippen molar-refractivity contribution in [1.82, 2.24) is 15.0 Å². The number of aromatic amines is 1. The smallest absolute Gasteiger partial charge is 0.291 e. The van der Waals surface area contributed by atoms with E-state index in [4.69, 9.17) is 0 Å². The Kier molecular flexibility index (Phi) is 4.33. The quantitative estimate of drug-likeness (QED) is 0.643. The van der Waals surface area contributed by atoms with Crippen LogP contribution in [0.2, 0.25) is 0 Å². The second kappa shape index (κ2) is 6.00. The average Bonchev–Trinajstić information content (AvgIpc) is 2.94. The lowest BCUT2D eigenvalue weighted by atomic mass is 10.2. The van der Waals surface area contributed by atoms with Gasteiger partial charge in [-0.15, -0.1) is 0 Å². The standard InChI is InChI=1S/C12H14BrN5O2/c1-3-8(11-14-4-5-15-11)17-12-10(13)7(2)9(6-16-12)18(19)20/h4-6,8H,3H2,1-2H3,(H,14,15)(H,16,17). The first-order valence-corrected chi connectivity index (χ1v) is 6.89. The zero-order valence-electron chi connectivity index (χ0n) is 11.1. The number of pyridine rings is 1. The van der Waals surface area contributed by atoms with Gasteiger partial charge in [-0.1, -0.05) is 6.92 Å². The number of nitrogens with zero attached hydrogens (tertiary/aromatic N) is 3. The molecule has 2 N–H and O–H groups in total. The number of aromatic nitrogens is 3. The molecule has 0 aliphatic heterocycles. The first kappa shape index (κ1) is 14.4. The van der Waals surface area contributed by atoms with E-state index in [2.05, 4.69) is 36.2 Å². The third-order valence-electron chi connectivity index (χ3n) is 3.00. The Morgan fingerprint density at radius 1 is 1.55 bits per heavy atom. The van der Waals surface area contributed by atoms with Crippen molar-refractivity contribution < 1.29 is 4.92 Å². The van der Waals surface area contributed by atoms with Crippen molar-refractivity contribution in [3.63, 3.8) is 0 Å². The summed E-state index contributed by atoms with van der Waals surface area (Å²) in [7, 11) is 0. The summed E-state index contributed by atoms with van der Waals surface area (Å²) in [6.45, 7) is 3.70. The van der Waals surface area contributed by atoms with E-state index < -0.39 is 4.92 Å². The van der Waals surface area contributed by atoms with Gasteiger partial charge in [-0.3, -0.25) is 10.1 Å². The van der Waals surface area contributed by atoms with Gasteiger partial charge in [0.25, 0.3) is 5.69 Å². The minimum atomic E-state index is -0.444. The zero-order chi connectivity index (χ0) is 14.7. The van der Waals surface area contributed by atoms with Crippen molar-refractivity contribution in [1.29, 1.82) is 0 Å². The molecule has 106 valence electrons. The van der Waals surface area contributed by atoms with Crippen LogP contribution in [0.5, 0.6) is 0 Å². The van der Waals surface area contributed by atoms with Crippen LogP contribution in [-0.4, -0.2) is 19.9 Å². The molecule has 0 spiro atoms. The summed E-state index contributed by atoms with van der Waals surface area (Å²) in [5, 5.41) is 14.1. The van der Waals surface area contributed by atoms with Gasteiger partial charge in [-0.25, -0.2) is 9.97 Å². The third kappa shape index (κ3) is 2.79. The Hall–Kier alpha value is -1.96. The minimum Gasteiger partial charge on any atom is -0.359 e. The molecular formula is C12H14BrN5O2. The molecule has 0 fully saturated rings. The van der Waals surface area contributed by atoms with E-state index in [1.807, 2.05) is 6.92 Å². The van der Waals surface area contributed by atoms with Gasteiger partial charge in [-0.05, 0) is 29.3 Å². The predicted molar refractivity (Wildman–Crippen MR) is 78.6 cm³/mol. The zero-order valence-corrected chi connectivity index (χ0v) is 12.6. The molecule has 0 saturated heterocycles. The fourth-order valence-corrected chi connectivity index (χ4v) is 2.27. The van der Waals surface area contributed by atoms with Gasteiger partial charge in [0.05, 0.1) is 15.4 Å². The lowest BCUT2D eigenvalue weighted by molar-refractivity contribution is -0.385. The molecule has 0 aliphatic carbocycles. The molecule has 1 atom stereocenters. The molecule has 8 heteroatoms. The fraction of sp³-hybridized carbons (Fsp3) is 0.333. The molecule has 0 aliphatic rings.